The minimum absolute atomic E-state index is 0.633. The third-order valence-electron chi connectivity index (χ3n) is 3.59. The summed E-state index contributed by atoms with van der Waals surface area (Å²) in [6, 6.07) is 3.87. The number of hydrogen-bond acceptors (Lipinski definition) is 5. The topological polar surface area (TPSA) is 59.9 Å². The zero-order valence-corrected chi connectivity index (χ0v) is 11.6. The molecule has 3 rings (SSSR count). The van der Waals surface area contributed by atoms with E-state index in [-0.39, 0.29) is 0 Å². The van der Waals surface area contributed by atoms with Crippen LogP contribution in [0.25, 0.3) is 0 Å². The molecule has 1 N–H and O–H groups in total. The van der Waals surface area contributed by atoms with Crippen molar-refractivity contribution in [2.45, 2.75) is 32.2 Å². The molecule has 0 unspecified atom stereocenters. The Hall–Kier alpha value is -2.17. The van der Waals surface area contributed by atoms with Crippen LogP contribution < -0.4 is 10.1 Å². The molecule has 2 heterocycles. The van der Waals surface area contributed by atoms with Crippen LogP contribution in [0.3, 0.4) is 0 Å². The Labute approximate surface area is 118 Å². The van der Waals surface area contributed by atoms with Crippen molar-refractivity contribution in [2.75, 3.05) is 12.4 Å². The van der Waals surface area contributed by atoms with Crippen molar-refractivity contribution in [1.82, 2.24) is 15.0 Å². The molecule has 2 aromatic rings. The van der Waals surface area contributed by atoms with Gasteiger partial charge in [-0.1, -0.05) is 6.07 Å². The van der Waals surface area contributed by atoms with Gasteiger partial charge in [0.15, 0.2) is 0 Å². The Bertz CT molecular complexity index is 583. The van der Waals surface area contributed by atoms with Gasteiger partial charge in [-0.2, -0.15) is 0 Å². The molecule has 104 valence electrons. The second-order valence-corrected chi connectivity index (χ2v) is 4.92. The summed E-state index contributed by atoms with van der Waals surface area (Å²) >= 11 is 0. The van der Waals surface area contributed by atoms with Crippen molar-refractivity contribution in [3.8, 4) is 5.88 Å². The van der Waals surface area contributed by atoms with E-state index in [2.05, 4.69) is 20.3 Å². The van der Waals surface area contributed by atoms with E-state index in [4.69, 9.17) is 4.74 Å². The summed E-state index contributed by atoms with van der Waals surface area (Å²) in [7, 11) is 1.62. The van der Waals surface area contributed by atoms with Crippen LogP contribution in [-0.2, 0) is 19.4 Å². The lowest BCUT2D eigenvalue weighted by atomic mass is 9.96. The van der Waals surface area contributed by atoms with E-state index in [1.807, 2.05) is 18.3 Å². The van der Waals surface area contributed by atoms with Crippen LogP contribution in [0.15, 0.2) is 24.7 Å². The Kier molecular flexibility index (Phi) is 3.76. The standard InChI is InChI=1S/C15H18N4O/c1-20-14-7-6-11(8-16-14)9-17-15-12-4-2-3-5-13(12)18-10-19-15/h6-8,10H,2-5,9H2,1H3,(H,17,18,19). The number of rotatable bonds is 4. The van der Waals surface area contributed by atoms with Crippen LogP contribution in [0.4, 0.5) is 5.82 Å². The lowest BCUT2D eigenvalue weighted by Gasteiger charge is -2.18. The van der Waals surface area contributed by atoms with Gasteiger partial charge in [0, 0.05) is 30.1 Å². The fourth-order valence-electron chi connectivity index (χ4n) is 2.50. The smallest absolute Gasteiger partial charge is 0.212 e. The van der Waals surface area contributed by atoms with Crippen LogP contribution in [0.2, 0.25) is 0 Å². The van der Waals surface area contributed by atoms with Crippen LogP contribution in [0.1, 0.15) is 29.7 Å². The molecule has 0 saturated carbocycles. The number of nitrogens with zero attached hydrogens (tertiary/aromatic N) is 3. The summed E-state index contributed by atoms with van der Waals surface area (Å²) in [5.41, 5.74) is 3.58. The van der Waals surface area contributed by atoms with Crippen molar-refractivity contribution in [3.63, 3.8) is 0 Å². The molecule has 0 fully saturated rings. The van der Waals surface area contributed by atoms with Crippen molar-refractivity contribution in [2.24, 2.45) is 0 Å². The highest BCUT2D eigenvalue weighted by molar-refractivity contribution is 5.47. The number of anilines is 1. The number of hydrogen-bond donors (Lipinski definition) is 1. The van der Waals surface area contributed by atoms with Gasteiger partial charge < -0.3 is 10.1 Å². The van der Waals surface area contributed by atoms with Gasteiger partial charge in [0.05, 0.1) is 7.11 Å². The molecule has 0 aliphatic heterocycles. The first kappa shape index (κ1) is 12.8. The van der Waals surface area contributed by atoms with E-state index in [9.17, 15) is 0 Å². The zero-order chi connectivity index (χ0) is 13.8. The monoisotopic (exact) mass is 270 g/mol. The van der Waals surface area contributed by atoms with E-state index < -0.39 is 0 Å². The Morgan fingerprint density at radius 1 is 1.15 bits per heavy atom. The molecule has 1 aliphatic rings. The van der Waals surface area contributed by atoms with E-state index in [1.54, 1.807) is 13.4 Å². The summed E-state index contributed by atoms with van der Waals surface area (Å²) in [6.45, 7) is 0.709. The predicted octanol–water partition coefficient (Wildman–Crippen LogP) is 2.37. The van der Waals surface area contributed by atoms with E-state index in [0.29, 0.717) is 12.4 Å². The minimum atomic E-state index is 0.633. The van der Waals surface area contributed by atoms with Crippen LogP contribution >= 0.6 is 0 Å². The molecule has 0 amide bonds. The van der Waals surface area contributed by atoms with Crippen molar-refractivity contribution in [1.29, 1.82) is 0 Å². The first-order chi connectivity index (χ1) is 9.86. The molecule has 0 aromatic carbocycles. The molecule has 2 aromatic heterocycles. The molecule has 20 heavy (non-hydrogen) atoms. The number of fused-ring (bicyclic) bond motifs is 1. The summed E-state index contributed by atoms with van der Waals surface area (Å²) < 4.78 is 5.05. The Morgan fingerprint density at radius 3 is 2.85 bits per heavy atom. The summed E-state index contributed by atoms with van der Waals surface area (Å²) in [6.07, 6.45) is 8.05. The molecule has 0 radical (unpaired) electrons. The quantitative estimate of drug-likeness (QED) is 0.924. The first-order valence-corrected chi connectivity index (χ1v) is 6.92. The lowest BCUT2D eigenvalue weighted by molar-refractivity contribution is 0.397. The maximum atomic E-state index is 5.05. The normalized spacial score (nSPS) is 13.7. The number of aromatic nitrogens is 3. The highest BCUT2D eigenvalue weighted by Crippen LogP contribution is 2.24. The fourth-order valence-corrected chi connectivity index (χ4v) is 2.50. The minimum Gasteiger partial charge on any atom is -0.481 e. The number of methoxy groups -OCH3 is 1. The van der Waals surface area contributed by atoms with Crippen molar-refractivity contribution >= 4 is 5.82 Å². The zero-order valence-electron chi connectivity index (χ0n) is 11.6. The molecule has 0 saturated heterocycles. The van der Waals surface area contributed by atoms with Gasteiger partial charge in [0.1, 0.15) is 12.1 Å². The second kappa shape index (κ2) is 5.86. The molecule has 1 aliphatic carbocycles. The molecule has 0 bridgehead atoms. The van der Waals surface area contributed by atoms with Crippen LogP contribution in [-0.4, -0.2) is 22.1 Å². The largest absolute Gasteiger partial charge is 0.481 e. The van der Waals surface area contributed by atoms with Gasteiger partial charge in [-0.05, 0) is 31.2 Å². The van der Waals surface area contributed by atoms with Gasteiger partial charge in [0.2, 0.25) is 5.88 Å². The van der Waals surface area contributed by atoms with Gasteiger partial charge >= 0.3 is 0 Å². The van der Waals surface area contributed by atoms with Gasteiger partial charge in [-0.15, -0.1) is 0 Å². The van der Waals surface area contributed by atoms with E-state index in [1.165, 1.54) is 24.1 Å². The second-order valence-electron chi connectivity index (χ2n) is 4.92. The summed E-state index contributed by atoms with van der Waals surface area (Å²) in [4.78, 5) is 13.0. The van der Waals surface area contributed by atoms with Gasteiger partial charge in [-0.25, -0.2) is 15.0 Å². The van der Waals surface area contributed by atoms with Crippen LogP contribution in [0, 0.1) is 0 Å². The lowest BCUT2D eigenvalue weighted by Crippen LogP contribution is -2.12. The SMILES string of the molecule is COc1ccc(CNc2ncnc3c2CCCC3)cn1. The van der Waals surface area contributed by atoms with Crippen molar-refractivity contribution < 1.29 is 4.74 Å². The van der Waals surface area contributed by atoms with Crippen molar-refractivity contribution in [3.05, 3.63) is 41.5 Å². The Balaban J connectivity index is 1.71. The summed E-state index contributed by atoms with van der Waals surface area (Å²) in [5, 5.41) is 3.39. The number of nitrogens with one attached hydrogen (secondary N) is 1. The maximum absolute atomic E-state index is 5.05. The number of ether oxygens (including phenoxy) is 1. The third kappa shape index (κ3) is 2.71. The molecule has 5 heteroatoms. The van der Waals surface area contributed by atoms with Gasteiger partial charge in [0.25, 0.3) is 0 Å². The summed E-state index contributed by atoms with van der Waals surface area (Å²) in [5.74, 6) is 1.60. The number of aryl methyl sites for hydroxylation is 1. The average Bonchev–Trinajstić information content (AvgIpc) is 2.53. The van der Waals surface area contributed by atoms with Gasteiger partial charge in [-0.3, -0.25) is 0 Å². The number of pyridine rings is 1. The fraction of sp³-hybridized carbons (Fsp3) is 0.400. The molecule has 5 nitrogen and oxygen atoms in total. The molecular weight excluding hydrogens is 252 g/mol. The third-order valence-corrected chi connectivity index (χ3v) is 3.59. The maximum Gasteiger partial charge on any atom is 0.212 e. The molecule has 0 spiro atoms. The average molecular weight is 270 g/mol. The molecule has 0 atom stereocenters. The van der Waals surface area contributed by atoms with Crippen LogP contribution in [0.5, 0.6) is 5.88 Å². The molecular formula is C15H18N4O. The first-order valence-electron chi connectivity index (χ1n) is 6.92. The highest BCUT2D eigenvalue weighted by atomic mass is 16.5. The highest BCUT2D eigenvalue weighted by Gasteiger charge is 2.15. The predicted molar refractivity (Wildman–Crippen MR) is 76.8 cm³/mol. The Morgan fingerprint density at radius 2 is 2.05 bits per heavy atom. The van der Waals surface area contributed by atoms with E-state index in [0.717, 1.165) is 24.2 Å². The van der Waals surface area contributed by atoms with E-state index >= 15 is 0 Å².